The summed E-state index contributed by atoms with van der Waals surface area (Å²) in [5.74, 6) is 0.650. The Morgan fingerprint density at radius 1 is 1.15 bits per heavy atom. The summed E-state index contributed by atoms with van der Waals surface area (Å²) in [6.07, 6.45) is 0.644. The fraction of sp³-hybridized carbons (Fsp3) is 0.263. The average molecular weight is 417 g/mol. The monoisotopic (exact) mass is 416 g/mol. The lowest BCUT2D eigenvalue weighted by Crippen LogP contribution is -2.41. The Balaban J connectivity index is 1.57. The number of hydrazone groups is 1. The summed E-state index contributed by atoms with van der Waals surface area (Å²) in [6.45, 7) is 1.87. The van der Waals surface area contributed by atoms with E-state index in [1.807, 2.05) is 55.5 Å². The number of hydrazine groups is 1. The second kappa shape index (κ2) is 8.44. The smallest absolute Gasteiger partial charge is 0.258 e. The molecule has 2 atom stereocenters. The highest BCUT2D eigenvalue weighted by Crippen LogP contribution is 2.24. The molecule has 0 aliphatic carbocycles. The summed E-state index contributed by atoms with van der Waals surface area (Å²) in [6, 6.07) is 15.3. The highest BCUT2D eigenvalue weighted by molar-refractivity contribution is 9.10. The molecule has 0 aromatic heterocycles. The van der Waals surface area contributed by atoms with Gasteiger partial charge in [-0.3, -0.25) is 4.79 Å². The number of halogens is 1. The average Bonchev–Trinajstić information content (AvgIpc) is 3.17. The van der Waals surface area contributed by atoms with Crippen LogP contribution in [0.4, 0.5) is 0 Å². The number of carbonyl (C=O) groups excluding carboxylic acids is 1. The summed E-state index contributed by atoms with van der Waals surface area (Å²) in [5.41, 5.74) is 11.7. The SMILES string of the molecule is COc1ccc(C2CC(C(=O)N/N=C(/C)c3ccc(Br)cc3)NN2)cc1. The van der Waals surface area contributed by atoms with E-state index in [-0.39, 0.29) is 18.0 Å². The molecule has 1 aliphatic heterocycles. The zero-order chi connectivity index (χ0) is 18.5. The topological polar surface area (TPSA) is 74.8 Å². The van der Waals surface area contributed by atoms with Crippen LogP contribution in [-0.4, -0.2) is 24.8 Å². The number of nitrogens with one attached hydrogen (secondary N) is 3. The van der Waals surface area contributed by atoms with Crippen LogP contribution in [0.25, 0.3) is 0 Å². The Morgan fingerprint density at radius 2 is 1.85 bits per heavy atom. The van der Waals surface area contributed by atoms with Crippen molar-refractivity contribution in [2.24, 2.45) is 5.10 Å². The number of hydrogen-bond acceptors (Lipinski definition) is 5. The Labute approximate surface area is 161 Å². The maximum atomic E-state index is 12.4. The first-order valence-electron chi connectivity index (χ1n) is 8.32. The summed E-state index contributed by atoms with van der Waals surface area (Å²) in [4.78, 5) is 12.4. The van der Waals surface area contributed by atoms with Crippen LogP contribution in [0.5, 0.6) is 5.75 Å². The van der Waals surface area contributed by atoms with Crippen molar-refractivity contribution in [2.75, 3.05) is 7.11 Å². The predicted octanol–water partition coefficient (Wildman–Crippen LogP) is 2.91. The number of amides is 1. The minimum absolute atomic E-state index is 0.0632. The van der Waals surface area contributed by atoms with Gasteiger partial charge in [-0.1, -0.05) is 40.2 Å². The Kier molecular flexibility index (Phi) is 6.03. The molecular weight excluding hydrogens is 396 g/mol. The van der Waals surface area contributed by atoms with Crippen molar-refractivity contribution in [1.29, 1.82) is 0 Å². The van der Waals surface area contributed by atoms with Crippen LogP contribution in [0, 0.1) is 0 Å². The van der Waals surface area contributed by atoms with E-state index >= 15 is 0 Å². The van der Waals surface area contributed by atoms with Crippen molar-refractivity contribution < 1.29 is 9.53 Å². The molecule has 7 heteroatoms. The third-order valence-corrected chi connectivity index (χ3v) is 4.86. The number of hydrogen-bond donors (Lipinski definition) is 3. The third kappa shape index (κ3) is 4.49. The van der Waals surface area contributed by atoms with Crippen molar-refractivity contribution in [3.8, 4) is 5.75 Å². The van der Waals surface area contributed by atoms with Gasteiger partial charge in [0.05, 0.1) is 12.8 Å². The molecule has 1 heterocycles. The van der Waals surface area contributed by atoms with Crippen LogP contribution in [0.3, 0.4) is 0 Å². The second-order valence-electron chi connectivity index (χ2n) is 6.08. The molecule has 1 amide bonds. The van der Waals surface area contributed by atoms with Gasteiger partial charge < -0.3 is 4.74 Å². The van der Waals surface area contributed by atoms with Gasteiger partial charge in [0.2, 0.25) is 0 Å². The van der Waals surface area contributed by atoms with Crippen LogP contribution in [-0.2, 0) is 4.79 Å². The number of ether oxygens (including phenoxy) is 1. The van der Waals surface area contributed by atoms with Crippen LogP contribution in [0.15, 0.2) is 58.1 Å². The minimum atomic E-state index is -0.344. The molecule has 2 aromatic carbocycles. The summed E-state index contributed by atoms with van der Waals surface area (Å²) in [5, 5.41) is 4.21. The number of carbonyl (C=O) groups is 1. The number of rotatable bonds is 5. The number of benzene rings is 2. The fourth-order valence-corrected chi connectivity index (χ4v) is 3.02. The van der Waals surface area contributed by atoms with Crippen LogP contribution in [0.1, 0.15) is 30.5 Å². The van der Waals surface area contributed by atoms with Gasteiger partial charge >= 0.3 is 0 Å². The standard InChI is InChI=1S/C19H21BrN4O2/c1-12(13-3-7-15(20)8-4-13)21-24-19(25)18-11-17(22-23-18)14-5-9-16(26-2)10-6-14/h3-10,17-18,22-23H,11H2,1-2H3,(H,24,25)/b21-12-. The molecule has 1 aliphatic rings. The minimum Gasteiger partial charge on any atom is -0.497 e. The first-order chi connectivity index (χ1) is 12.6. The van der Waals surface area contributed by atoms with Crippen molar-refractivity contribution in [2.45, 2.75) is 25.4 Å². The maximum absolute atomic E-state index is 12.4. The van der Waals surface area contributed by atoms with E-state index in [2.05, 4.69) is 37.3 Å². The molecule has 1 saturated heterocycles. The van der Waals surface area contributed by atoms with E-state index in [0.29, 0.717) is 6.42 Å². The third-order valence-electron chi connectivity index (χ3n) is 4.33. The van der Waals surface area contributed by atoms with E-state index in [4.69, 9.17) is 4.74 Å². The summed E-state index contributed by atoms with van der Waals surface area (Å²) >= 11 is 3.40. The summed E-state index contributed by atoms with van der Waals surface area (Å²) in [7, 11) is 1.64. The molecule has 0 spiro atoms. The Bertz CT molecular complexity index is 790. The molecule has 0 saturated carbocycles. The lowest BCUT2D eigenvalue weighted by atomic mass is 10.0. The van der Waals surface area contributed by atoms with Crippen molar-refractivity contribution in [3.63, 3.8) is 0 Å². The molecule has 3 N–H and O–H groups in total. The van der Waals surface area contributed by atoms with E-state index in [0.717, 1.165) is 27.1 Å². The van der Waals surface area contributed by atoms with Gasteiger partial charge in [0.1, 0.15) is 11.8 Å². The number of methoxy groups -OCH3 is 1. The van der Waals surface area contributed by atoms with E-state index in [1.165, 1.54) is 0 Å². The van der Waals surface area contributed by atoms with Gasteiger partial charge in [-0.05, 0) is 48.7 Å². The Hall–Kier alpha value is -2.22. The predicted molar refractivity (Wildman–Crippen MR) is 105 cm³/mol. The molecular formula is C19H21BrN4O2. The van der Waals surface area contributed by atoms with Crippen LogP contribution < -0.4 is 21.0 Å². The van der Waals surface area contributed by atoms with E-state index < -0.39 is 0 Å². The van der Waals surface area contributed by atoms with Crippen molar-refractivity contribution in [3.05, 3.63) is 64.1 Å². The lowest BCUT2D eigenvalue weighted by molar-refractivity contribution is -0.122. The maximum Gasteiger partial charge on any atom is 0.258 e. The quantitative estimate of drug-likeness (QED) is 0.517. The van der Waals surface area contributed by atoms with Crippen LogP contribution in [0.2, 0.25) is 0 Å². The van der Waals surface area contributed by atoms with Gasteiger partial charge in [0, 0.05) is 10.5 Å². The zero-order valence-electron chi connectivity index (χ0n) is 14.6. The van der Waals surface area contributed by atoms with Crippen molar-refractivity contribution in [1.82, 2.24) is 16.3 Å². The molecule has 136 valence electrons. The molecule has 0 radical (unpaired) electrons. The lowest BCUT2D eigenvalue weighted by Gasteiger charge is -2.10. The summed E-state index contributed by atoms with van der Waals surface area (Å²) < 4.78 is 6.17. The van der Waals surface area contributed by atoms with Gasteiger partial charge in [-0.15, -0.1) is 0 Å². The molecule has 26 heavy (non-hydrogen) atoms. The molecule has 6 nitrogen and oxygen atoms in total. The highest BCUT2D eigenvalue weighted by Gasteiger charge is 2.30. The molecule has 2 aromatic rings. The molecule has 2 unspecified atom stereocenters. The molecule has 0 bridgehead atoms. The van der Waals surface area contributed by atoms with E-state index in [9.17, 15) is 4.79 Å². The van der Waals surface area contributed by atoms with Gasteiger partial charge in [-0.25, -0.2) is 16.3 Å². The Morgan fingerprint density at radius 3 is 2.50 bits per heavy atom. The molecule has 3 rings (SSSR count). The largest absolute Gasteiger partial charge is 0.497 e. The van der Waals surface area contributed by atoms with Crippen molar-refractivity contribution >= 4 is 27.5 Å². The highest BCUT2D eigenvalue weighted by atomic mass is 79.9. The number of nitrogens with zero attached hydrogens (tertiary/aromatic N) is 1. The van der Waals surface area contributed by atoms with Crippen LogP contribution >= 0.6 is 15.9 Å². The fourth-order valence-electron chi connectivity index (χ4n) is 2.76. The molecule has 1 fully saturated rings. The zero-order valence-corrected chi connectivity index (χ0v) is 16.2. The van der Waals surface area contributed by atoms with Gasteiger partial charge in [-0.2, -0.15) is 5.10 Å². The van der Waals surface area contributed by atoms with Gasteiger partial charge in [0.25, 0.3) is 5.91 Å². The first-order valence-corrected chi connectivity index (χ1v) is 9.11. The van der Waals surface area contributed by atoms with E-state index in [1.54, 1.807) is 7.11 Å². The first kappa shape index (κ1) is 18.6. The van der Waals surface area contributed by atoms with Gasteiger partial charge in [0.15, 0.2) is 0 Å². The normalized spacial score (nSPS) is 20.0. The second-order valence-corrected chi connectivity index (χ2v) is 7.00.